The largest absolute Gasteiger partial charge is 0.477 e. The Morgan fingerprint density at radius 2 is 1.96 bits per heavy atom. The van der Waals surface area contributed by atoms with Crippen LogP contribution in [0.5, 0.6) is 0 Å². The quantitative estimate of drug-likeness (QED) is 0.508. The molecule has 0 radical (unpaired) electrons. The number of carboxylic acids is 1. The predicted molar refractivity (Wildman–Crippen MR) is 110 cm³/mol. The molecule has 0 bridgehead atoms. The van der Waals surface area contributed by atoms with Crippen LogP contribution in [0.4, 0.5) is 0 Å². The Morgan fingerprint density at radius 1 is 1.19 bits per heavy atom. The number of halogens is 2. The molecule has 0 amide bonds. The van der Waals surface area contributed by atoms with Crippen molar-refractivity contribution in [2.24, 2.45) is 0 Å². The summed E-state index contributed by atoms with van der Waals surface area (Å²) in [5, 5.41) is 11.4. The second-order valence-electron chi connectivity index (χ2n) is 6.23. The minimum absolute atomic E-state index is 0.165. The summed E-state index contributed by atoms with van der Waals surface area (Å²) in [6, 6.07) is 13.4. The summed E-state index contributed by atoms with van der Waals surface area (Å²) >= 11 is 13.9. The molecule has 0 aliphatic heterocycles. The van der Waals surface area contributed by atoms with Crippen molar-refractivity contribution in [2.45, 2.75) is 31.3 Å². The van der Waals surface area contributed by atoms with Crippen molar-refractivity contribution in [3.05, 3.63) is 80.6 Å². The number of rotatable bonds is 6. The van der Waals surface area contributed by atoms with Gasteiger partial charge < -0.3 is 9.67 Å². The molecule has 0 spiro atoms. The molecule has 1 heterocycles. The molecular weight excluding hydrogens is 403 g/mol. The lowest BCUT2D eigenvalue weighted by Gasteiger charge is -2.12. The van der Waals surface area contributed by atoms with Gasteiger partial charge in [0.15, 0.2) is 10.9 Å². The number of carboxylic acid groups (broad SMARTS) is 1. The van der Waals surface area contributed by atoms with Gasteiger partial charge in [-0.1, -0.05) is 64.8 Å². The molecule has 0 aliphatic carbocycles. The van der Waals surface area contributed by atoms with Crippen molar-refractivity contribution in [2.75, 3.05) is 0 Å². The third-order valence-electron chi connectivity index (χ3n) is 4.10. The van der Waals surface area contributed by atoms with Crippen LogP contribution in [0.15, 0.2) is 47.6 Å². The first-order valence-electron chi connectivity index (χ1n) is 8.28. The number of benzene rings is 2. The fraction of sp³-hybridized carbons (Fsp3) is 0.200. The smallest absolute Gasteiger partial charge is 0.354 e. The van der Waals surface area contributed by atoms with Crippen LogP contribution in [-0.2, 0) is 12.3 Å². The average Bonchev–Trinajstić information content (AvgIpc) is 2.92. The Labute approximate surface area is 172 Å². The minimum atomic E-state index is -1.01. The van der Waals surface area contributed by atoms with Gasteiger partial charge >= 0.3 is 5.97 Å². The van der Waals surface area contributed by atoms with Crippen molar-refractivity contribution in [1.82, 2.24) is 9.55 Å². The molecule has 0 aliphatic rings. The number of aromatic nitrogens is 2. The monoisotopic (exact) mass is 420 g/mol. The lowest BCUT2D eigenvalue weighted by atomic mass is 10.2. The summed E-state index contributed by atoms with van der Waals surface area (Å²) in [6.07, 6.45) is 0. The van der Waals surface area contributed by atoms with E-state index in [4.69, 9.17) is 23.2 Å². The van der Waals surface area contributed by atoms with Crippen LogP contribution in [0.25, 0.3) is 0 Å². The molecule has 0 fully saturated rings. The molecule has 7 heteroatoms. The first-order chi connectivity index (χ1) is 12.8. The molecule has 1 N–H and O–H groups in total. The van der Waals surface area contributed by atoms with E-state index >= 15 is 0 Å². The maximum Gasteiger partial charge on any atom is 0.354 e. The molecular formula is C20H18Cl2N2O2S. The zero-order valence-electron chi connectivity index (χ0n) is 14.9. The van der Waals surface area contributed by atoms with Crippen LogP contribution in [-0.4, -0.2) is 20.6 Å². The Kier molecular flexibility index (Phi) is 6.15. The highest BCUT2D eigenvalue weighted by Crippen LogP contribution is 2.29. The number of aryl methyl sites for hydroxylation is 2. The van der Waals surface area contributed by atoms with Gasteiger partial charge in [0.05, 0.1) is 12.2 Å². The molecule has 27 heavy (non-hydrogen) atoms. The molecule has 0 saturated carbocycles. The first kappa shape index (κ1) is 19.8. The molecule has 3 rings (SSSR count). The van der Waals surface area contributed by atoms with E-state index in [-0.39, 0.29) is 12.2 Å². The topological polar surface area (TPSA) is 55.1 Å². The van der Waals surface area contributed by atoms with Crippen molar-refractivity contribution >= 4 is 40.9 Å². The van der Waals surface area contributed by atoms with E-state index in [9.17, 15) is 9.90 Å². The van der Waals surface area contributed by atoms with Gasteiger partial charge in [0.1, 0.15) is 0 Å². The predicted octanol–water partition coefficient (Wildman–Crippen LogP) is 5.85. The van der Waals surface area contributed by atoms with Crippen molar-refractivity contribution in [3.63, 3.8) is 0 Å². The third kappa shape index (κ3) is 4.67. The zero-order valence-corrected chi connectivity index (χ0v) is 17.2. The van der Waals surface area contributed by atoms with Crippen molar-refractivity contribution in [3.8, 4) is 0 Å². The second-order valence-corrected chi connectivity index (χ2v) is 8.02. The molecule has 0 atom stereocenters. The van der Waals surface area contributed by atoms with E-state index in [0.717, 1.165) is 11.1 Å². The Balaban J connectivity index is 1.95. The summed E-state index contributed by atoms with van der Waals surface area (Å²) < 4.78 is 1.69. The van der Waals surface area contributed by atoms with Crippen LogP contribution in [0.2, 0.25) is 10.0 Å². The highest BCUT2D eigenvalue weighted by atomic mass is 35.5. The van der Waals surface area contributed by atoms with E-state index < -0.39 is 5.97 Å². The van der Waals surface area contributed by atoms with Gasteiger partial charge in [-0.15, -0.1) is 0 Å². The van der Waals surface area contributed by atoms with Gasteiger partial charge in [-0.3, -0.25) is 0 Å². The van der Waals surface area contributed by atoms with E-state index in [1.807, 2.05) is 25.1 Å². The number of nitrogens with zero attached hydrogens (tertiary/aromatic N) is 2. The fourth-order valence-corrected chi connectivity index (χ4v) is 4.22. The molecule has 0 saturated heterocycles. The maximum atomic E-state index is 11.8. The number of hydrogen-bond acceptors (Lipinski definition) is 3. The fourth-order valence-electron chi connectivity index (χ4n) is 2.86. The SMILES string of the molecule is Cc1cccc(CSc2nc(C)c(C(=O)O)n2Cc2cc(Cl)ccc2Cl)c1. The number of aromatic carboxylic acids is 1. The van der Waals surface area contributed by atoms with E-state index in [1.54, 1.807) is 29.7 Å². The number of thioether (sulfide) groups is 1. The lowest BCUT2D eigenvalue weighted by molar-refractivity contribution is 0.0684. The van der Waals surface area contributed by atoms with Crippen LogP contribution in [0, 0.1) is 13.8 Å². The maximum absolute atomic E-state index is 11.8. The first-order valence-corrected chi connectivity index (χ1v) is 10.0. The third-order valence-corrected chi connectivity index (χ3v) is 5.75. The standard InChI is InChI=1S/C20H18Cl2N2O2S/c1-12-4-3-5-14(8-12)11-27-20-23-13(2)18(19(25)26)24(20)10-15-9-16(21)6-7-17(15)22/h3-9H,10-11H2,1-2H3,(H,25,26). The van der Waals surface area contributed by atoms with Crippen LogP contribution in [0.1, 0.15) is 32.9 Å². The number of imidazole rings is 1. The van der Waals surface area contributed by atoms with Gasteiger partial charge in [0.25, 0.3) is 0 Å². The summed E-state index contributed by atoms with van der Waals surface area (Å²) in [5.41, 5.74) is 3.74. The average molecular weight is 421 g/mol. The van der Waals surface area contributed by atoms with Crippen molar-refractivity contribution in [1.29, 1.82) is 0 Å². The highest BCUT2D eigenvalue weighted by molar-refractivity contribution is 7.98. The van der Waals surface area contributed by atoms with Gasteiger partial charge in [0.2, 0.25) is 0 Å². The molecule has 4 nitrogen and oxygen atoms in total. The summed E-state index contributed by atoms with van der Waals surface area (Å²) in [7, 11) is 0. The van der Waals surface area contributed by atoms with Crippen molar-refractivity contribution < 1.29 is 9.90 Å². The van der Waals surface area contributed by atoms with E-state index in [2.05, 4.69) is 11.1 Å². The number of carbonyl (C=O) groups is 1. The Morgan fingerprint density at radius 3 is 2.67 bits per heavy atom. The van der Waals surface area contributed by atoms with Crippen LogP contribution < -0.4 is 0 Å². The van der Waals surface area contributed by atoms with Gasteiger partial charge in [-0.05, 0) is 43.2 Å². The van der Waals surface area contributed by atoms with Crippen LogP contribution in [0.3, 0.4) is 0 Å². The second kappa shape index (κ2) is 8.38. The van der Waals surface area contributed by atoms with Crippen LogP contribution >= 0.6 is 35.0 Å². The normalized spacial score (nSPS) is 11.0. The summed E-state index contributed by atoms with van der Waals surface area (Å²) in [4.78, 5) is 16.3. The zero-order chi connectivity index (χ0) is 19.6. The minimum Gasteiger partial charge on any atom is -0.477 e. The van der Waals surface area contributed by atoms with Gasteiger partial charge in [0, 0.05) is 15.8 Å². The lowest BCUT2D eigenvalue weighted by Crippen LogP contribution is -2.12. The Hall–Kier alpha value is -1.95. The van der Waals surface area contributed by atoms with Gasteiger partial charge in [-0.25, -0.2) is 9.78 Å². The molecule has 3 aromatic rings. The Bertz CT molecular complexity index is 1000. The summed E-state index contributed by atoms with van der Waals surface area (Å²) in [5.74, 6) is -0.318. The molecule has 1 aromatic heterocycles. The number of hydrogen-bond donors (Lipinski definition) is 1. The van der Waals surface area contributed by atoms with E-state index in [1.165, 1.54) is 17.3 Å². The molecule has 0 unspecified atom stereocenters. The summed E-state index contributed by atoms with van der Waals surface area (Å²) in [6.45, 7) is 4.04. The molecule has 140 valence electrons. The van der Waals surface area contributed by atoms with E-state index in [0.29, 0.717) is 26.6 Å². The highest BCUT2D eigenvalue weighted by Gasteiger charge is 2.21. The molecule has 2 aromatic carbocycles. The van der Waals surface area contributed by atoms with Gasteiger partial charge in [-0.2, -0.15) is 0 Å².